The molecule has 96 valence electrons. The van der Waals surface area contributed by atoms with Crippen molar-refractivity contribution in [3.05, 3.63) is 28.3 Å². The first-order valence-corrected chi connectivity index (χ1v) is 5.07. The van der Waals surface area contributed by atoms with Gasteiger partial charge in [0.05, 0.1) is 16.7 Å². The van der Waals surface area contributed by atoms with Crippen molar-refractivity contribution in [2.45, 2.75) is 12.3 Å². The maximum absolute atomic E-state index is 12.5. The molecule has 17 heavy (non-hydrogen) atoms. The van der Waals surface area contributed by atoms with Gasteiger partial charge in [-0.25, -0.2) is 0 Å². The summed E-state index contributed by atoms with van der Waals surface area (Å²) in [6.45, 7) is 0.00516. The van der Waals surface area contributed by atoms with Crippen molar-refractivity contribution in [1.29, 1.82) is 0 Å². The van der Waals surface area contributed by atoms with Crippen LogP contribution in [0.1, 0.15) is 17.2 Å². The van der Waals surface area contributed by atoms with Crippen LogP contribution in [0.25, 0.3) is 0 Å². The SMILES string of the molecule is CNCC(O)c1cc(C(F)(F)F)cc(Cl)c1O. The zero-order valence-corrected chi connectivity index (χ0v) is 9.60. The third-order valence-corrected chi connectivity index (χ3v) is 2.46. The summed E-state index contributed by atoms with van der Waals surface area (Å²) < 4.78 is 37.5. The Morgan fingerprint density at radius 1 is 1.41 bits per heavy atom. The fourth-order valence-corrected chi connectivity index (χ4v) is 1.57. The molecule has 0 saturated carbocycles. The average Bonchev–Trinajstić information content (AvgIpc) is 2.20. The van der Waals surface area contributed by atoms with Gasteiger partial charge in [-0.1, -0.05) is 11.6 Å². The van der Waals surface area contributed by atoms with Gasteiger partial charge in [0, 0.05) is 12.1 Å². The Kier molecular flexibility index (Phi) is 4.24. The summed E-state index contributed by atoms with van der Waals surface area (Å²) in [6.07, 6.45) is -5.84. The first-order valence-electron chi connectivity index (χ1n) is 4.69. The largest absolute Gasteiger partial charge is 0.506 e. The highest BCUT2D eigenvalue weighted by Crippen LogP contribution is 2.38. The number of phenolic OH excluding ortho intramolecular Hbond substituents is 1. The lowest BCUT2D eigenvalue weighted by molar-refractivity contribution is -0.137. The Morgan fingerprint density at radius 2 is 2.00 bits per heavy atom. The van der Waals surface area contributed by atoms with E-state index in [1.165, 1.54) is 7.05 Å². The van der Waals surface area contributed by atoms with Crippen molar-refractivity contribution in [3.63, 3.8) is 0 Å². The van der Waals surface area contributed by atoms with Crippen LogP contribution in [0.2, 0.25) is 5.02 Å². The molecule has 0 fully saturated rings. The van der Waals surface area contributed by atoms with Crippen LogP contribution in [0.3, 0.4) is 0 Å². The molecule has 0 saturated heterocycles. The molecule has 0 radical (unpaired) electrons. The molecule has 7 heteroatoms. The third-order valence-electron chi connectivity index (χ3n) is 2.18. The number of aliphatic hydroxyl groups is 1. The van der Waals surface area contributed by atoms with Crippen LogP contribution < -0.4 is 5.32 Å². The van der Waals surface area contributed by atoms with Gasteiger partial charge >= 0.3 is 6.18 Å². The Labute approximate surface area is 101 Å². The molecule has 1 aromatic rings. The van der Waals surface area contributed by atoms with Crippen LogP contribution in [0, 0.1) is 0 Å². The monoisotopic (exact) mass is 269 g/mol. The van der Waals surface area contributed by atoms with E-state index in [1.807, 2.05) is 0 Å². The molecule has 1 unspecified atom stereocenters. The predicted molar refractivity (Wildman–Crippen MR) is 57.0 cm³/mol. The first-order chi connectivity index (χ1) is 7.77. The minimum absolute atomic E-state index is 0.00516. The molecule has 1 aromatic carbocycles. The van der Waals surface area contributed by atoms with Gasteiger partial charge in [0.15, 0.2) is 0 Å². The Bertz CT molecular complexity index is 409. The third kappa shape index (κ3) is 3.24. The number of rotatable bonds is 3. The summed E-state index contributed by atoms with van der Waals surface area (Å²) in [7, 11) is 1.52. The molecule has 0 aliphatic rings. The number of hydrogen-bond acceptors (Lipinski definition) is 3. The molecule has 0 aromatic heterocycles. The highest BCUT2D eigenvalue weighted by Gasteiger charge is 2.32. The molecule has 3 N–H and O–H groups in total. The van der Waals surface area contributed by atoms with Crippen LogP contribution in [-0.2, 0) is 6.18 Å². The van der Waals surface area contributed by atoms with E-state index in [-0.39, 0.29) is 12.1 Å². The fraction of sp³-hybridized carbons (Fsp3) is 0.400. The van der Waals surface area contributed by atoms with Crippen molar-refractivity contribution < 1.29 is 23.4 Å². The second kappa shape index (κ2) is 5.12. The summed E-state index contributed by atoms with van der Waals surface area (Å²) in [5.41, 5.74) is -1.26. The maximum atomic E-state index is 12.5. The van der Waals surface area contributed by atoms with Crippen molar-refractivity contribution in [2.24, 2.45) is 0 Å². The van der Waals surface area contributed by atoms with Crippen LogP contribution in [0.4, 0.5) is 13.2 Å². The number of nitrogens with one attached hydrogen (secondary N) is 1. The smallest absolute Gasteiger partial charge is 0.416 e. The second-order valence-electron chi connectivity index (χ2n) is 3.47. The Balaban J connectivity index is 3.25. The first kappa shape index (κ1) is 14.1. The van der Waals surface area contributed by atoms with Gasteiger partial charge in [0.2, 0.25) is 0 Å². The van der Waals surface area contributed by atoms with Gasteiger partial charge in [-0.3, -0.25) is 0 Å². The average molecular weight is 270 g/mol. The minimum Gasteiger partial charge on any atom is -0.506 e. The summed E-state index contributed by atoms with van der Waals surface area (Å²) in [5, 5.41) is 21.2. The lowest BCUT2D eigenvalue weighted by Crippen LogP contribution is -2.17. The second-order valence-corrected chi connectivity index (χ2v) is 3.87. The zero-order valence-electron chi connectivity index (χ0n) is 8.85. The van der Waals surface area contributed by atoms with Crippen molar-refractivity contribution in [2.75, 3.05) is 13.6 Å². The van der Waals surface area contributed by atoms with Crippen LogP contribution in [0.15, 0.2) is 12.1 Å². The highest BCUT2D eigenvalue weighted by atomic mass is 35.5. The number of benzene rings is 1. The molecule has 0 bridgehead atoms. The molecule has 1 rings (SSSR count). The number of likely N-dealkylation sites (N-methyl/N-ethyl adjacent to an activating group) is 1. The lowest BCUT2D eigenvalue weighted by Gasteiger charge is -2.16. The molecule has 3 nitrogen and oxygen atoms in total. The molecule has 0 aliphatic heterocycles. The quantitative estimate of drug-likeness (QED) is 0.789. The van der Waals surface area contributed by atoms with E-state index in [4.69, 9.17) is 11.6 Å². The van der Waals surface area contributed by atoms with Gasteiger partial charge in [0.1, 0.15) is 5.75 Å². The summed E-state index contributed by atoms with van der Waals surface area (Å²) in [5.74, 6) is -0.539. The van der Waals surface area contributed by atoms with Gasteiger partial charge < -0.3 is 15.5 Å². The van der Waals surface area contributed by atoms with Crippen LogP contribution in [0.5, 0.6) is 5.75 Å². The summed E-state index contributed by atoms with van der Waals surface area (Å²) in [6, 6.07) is 1.30. The van der Waals surface area contributed by atoms with Crippen LogP contribution in [-0.4, -0.2) is 23.8 Å². The number of phenols is 1. The molecule has 0 aliphatic carbocycles. The van der Waals surface area contributed by atoms with E-state index in [0.717, 1.165) is 0 Å². The standard InChI is InChI=1S/C10H11ClF3NO2/c1-15-4-8(16)6-2-5(10(12,13)14)3-7(11)9(6)17/h2-3,8,15-17H,4H2,1H3. The zero-order chi connectivity index (χ0) is 13.2. The Morgan fingerprint density at radius 3 is 2.47 bits per heavy atom. The molecule has 0 spiro atoms. The number of aromatic hydroxyl groups is 1. The summed E-state index contributed by atoms with van der Waals surface area (Å²) >= 11 is 5.49. The Hall–Kier alpha value is -0.980. The van der Waals surface area contributed by atoms with Crippen molar-refractivity contribution in [3.8, 4) is 5.75 Å². The number of halogens is 4. The predicted octanol–water partition coefficient (Wildman–Crippen LogP) is 2.32. The number of alkyl halides is 3. The normalized spacial score (nSPS) is 13.8. The molecular formula is C10H11ClF3NO2. The maximum Gasteiger partial charge on any atom is 0.416 e. The van der Waals surface area contributed by atoms with Gasteiger partial charge in [0.25, 0.3) is 0 Å². The topological polar surface area (TPSA) is 52.5 Å². The van der Waals surface area contributed by atoms with E-state index < -0.39 is 28.6 Å². The van der Waals surface area contributed by atoms with E-state index in [2.05, 4.69) is 5.32 Å². The van der Waals surface area contributed by atoms with Crippen molar-refractivity contribution in [1.82, 2.24) is 5.32 Å². The summed E-state index contributed by atoms with van der Waals surface area (Å²) in [4.78, 5) is 0. The highest BCUT2D eigenvalue weighted by molar-refractivity contribution is 6.32. The van der Waals surface area contributed by atoms with E-state index in [1.54, 1.807) is 0 Å². The van der Waals surface area contributed by atoms with E-state index >= 15 is 0 Å². The van der Waals surface area contributed by atoms with Gasteiger partial charge in [-0.05, 0) is 19.2 Å². The molecule has 1 atom stereocenters. The van der Waals surface area contributed by atoms with Gasteiger partial charge in [-0.2, -0.15) is 13.2 Å². The van der Waals surface area contributed by atoms with Crippen LogP contribution >= 0.6 is 11.6 Å². The minimum atomic E-state index is -4.58. The lowest BCUT2D eigenvalue weighted by atomic mass is 10.0. The molecular weight excluding hydrogens is 259 g/mol. The number of hydrogen-bond donors (Lipinski definition) is 3. The molecule has 0 amide bonds. The number of aliphatic hydroxyl groups excluding tert-OH is 1. The van der Waals surface area contributed by atoms with Crippen molar-refractivity contribution >= 4 is 11.6 Å². The van der Waals surface area contributed by atoms with Gasteiger partial charge in [-0.15, -0.1) is 0 Å². The van der Waals surface area contributed by atoms with E-state index in [9.17, 15) is 23.4 Å². The van der Waals surface area contributed by atoms with E-state index in [0.29, 0.717) is 12.1 Å². The fourth-order valence-electron chi connectivity index (χ4n) is 1.34. The molecule has 0 heterocycles.